The molecule has 1 aromatic heterocycles. The summed E-state index contributed by atoms with van der Waals surface area (Å²) in [5, 5.41) is 0. The highest BCUT2D eigenvalue weighted by Crippen LogP contribution is 2.17. The van der Waals surface area contributed by atoms with E-state index in [2.05, 4.69) is 57.4 Å². The van der Waals surface area contributed by atoms with Gasteiger partial charge in [0.1, 0.15) is 11.6 Å². The molecule has 4 heteroatoms. The lowest BCUT2D eigenvalue weighted by Crippen LogP contribution is -2.28. The molecule has 0 amide bonds. The first-order valence-corrected chi connectivity index (χ1v) is 7.93. The van der Waals surface area contributed by atoms with Crippen LogP contribution < -0.4 is 5.73 Å². The van der Waals surface area contributed by atoms with Crippen LogP contribution in [0.4, 0.5) is 5.82 Å². The van der Waals surface area contributed by atoms with Crippen LogP contribution in [0.1, 0.15) is 23.4 Å². The maximum atomic E-state index is 5.97. The van der Waals surface area contributed by atoms with Crippen LogP contribution >= 0.6 is 0 Å². The quantitative estimate of drug-likeness (QED) is 0.942. The van der Waals surface area contributed by atoms with Gasteiger partial charge in [0.15, 0.2) is 0 Å². The third-order valence-corrected chi connectivity index (χ3v) is 4.03. The van der Waals surface area contributed by atoms with E-state index < -0.39 is 0 Å². The van der Waals surface area contributed by atoms with E-state index in [1.165, 1.54) is 11.1 Å². The van der Waals surface area contributed by atoms with Gasteiger partial charge in [-0.15, -0.1) is 0 Å². The molecule has 4 nitrogen and oxygen atoms in total. The number of anilines is 1. The first kappa shape index (κ1) is 15.4. The van der Waals surface area contributed by atoms with Gasteiger partial charge in [0, 0.05) is 31.4 Å². The SMILES string of the molecule is Cc1ncc(CN2CC=C(/C=C/c3ccccc3)CC2)c(N)n1. The van der Waals surface area contributed by atoms with E-state index in [9.17, 15) is 0 Å². The minimum absolute atomic E-state index is 0.594. The van der Waals surface area contributed by atoms with Gasteiger partial charge in [0.25, 0.3) is 0 Å². The number of nitrogen functional groups attached to an aromatic ring is 1. The molecule has 23 heavy (non-hydrogen) atoms. The molecule has 2 heterocycles. The molecule has 1 aliphatic rings. The van der Waals surface area contributed by atoms with E-state index in [1.807, 2.05) is 19.2 Å². The van der Waals surface area contributed by atoms with Crippen molar-refractivity contribution in [3.8, 4) is 0 Å². The molecule has 0 bridgehead atoms. The molecule has 3 rings (SSSR count). The topological polar surface area (TPSA) is 55.0 Å². The van der Waals surface area contributed by atoms with Gasteiger partial charge in [-0.25, -0.2) is 9.97 Å². The van der Waals surface area contributed by atoms with Crippen LogP contribution in [0.3, 0.4) is 0 Å². The number of rotatable bonds is 4. The maximum Gasteiger partial charge on any atom is 0.131 e. The van der Waals surface area contributed by atoms with Gasteiger partial charge in [-0.2, -0.15) is 0 Å². The lowest BCUT2D eigenvalue weighted by molar-refractivity contribution is 0.287. The second-order valence-electron chi connectivity index (χ2n) is 5.84. The number of aryl methyl sites for hydroxylation is 1. The highest BCUT2D eigenvalue weighted by molar-refractivity contribution is 5.52. The molecule has 0 spiro atoms. The largest absolute Gasteiger partial charge is 0.383 e. The number of allylic oxidation sites excluding steroid dienone is 1. The van der Waals surface area contributed by atoms with Crippen molar-refractivity contribution in [2.75, 3.05) is 18.8 Å². The van der Waals surface area contributed by atoms with Crippen molar-refractivity contribution < 1.29 is 0 Å². The second kappa shape index (κ2) is 7.20. The summed E-state index contributed by atoms with van der Waals surface area (Å²) in [6.45, 7) is 4.62. The van der Waals surface area contributed by atoms with Crippen LogP contribution in [-0.2, 0) is 6.54 Å². The Morgan fingerprint density at radius 3 is 2.74 bits per heavy atom. The van der Waals surface area contributed by atoms with Crippen molar-refractivity contribution in [1.82, 2.24) is 14.9 Å². The molecule has 0 radical (unpaired) electrons. The fourth-order valence-corrected chi connectivity index (χ4v) is 2.66. The number of nitrogens with two attached hydrogens (primary N) is 1. The third-order valence-electron chi connectivity index (χ3n) is 4.03. The zero-order valence-electron chi connectivity index (χ0n) is 13.4. The summed E-state index contributed by atoms with van der Waals surface area (Å²) >= 11 is 0. The fraction of sp³-hybridized carbons (Fsp3) is 0.263. The molecule has 0 aliphatic carbocycles. The standard InChI is InChI=1S/C19H22N4/c1-15-21-13-18(19(20)22-15)14-23-11-9-17(10-12-23)8-7-16-5-3-2-4-6-16/h2-9,13H,10-12,14H2,1H3,(H2,20,21,22)/b8-7+. The lowest BCUT2D eigenvalue weighted by atomic mass is 10.1. The van der Waals surface area contributed by atoms with Crippen molar-refractivity contribution in [3.05, 3.63) is 71.2 Å². The predicted octanol–water partition coefficient (Wildman–Crippen LogP) is 3.21. The predicted molar refractivity (Wildman–Crippen MR) is 94.6 cm³/mol. The third kappa shape index (κ3) is 4.27. The maximum absolute atomic E-state index is 5.97. The molecule has 0 unspecified atom stereocenters. The summed E-state index contributed by atoms with van der Waals surface area (Å²) in [4.78, 5) is 10.8. The van der Waals surface area contributed by atoms with Crippen LogP contribution in [0.25, 0.3) is 6.08 Å². The summed E-state index contributed by atoms with van der Waals surface area (Å²) in [5.74, 6) is 1.31. The van der Waals surface area contributed by atoms with Gasteiger partial charge in [-0.1, -0.05) is 48.6 Å². The first-order chi connectivity index (χ1) is 11.2. The number of hydrogen-bond donors (Lipinski definition) is 1. The van der Waals surface area contributed by atoms with Crippen molar-refractivity contribution in [2.24, 2.45) is 0 Å². The van der Waals surface area contributed by atoms with E-state index in [1.54, 1.807) is 0 Å². The molecule has 1 aliphatic heterocycles. The fourth-order valence-electron chi connectivity index (χ4n) is 2.66. The summed E-state index contributed by atoms with van der Waals surface area (Å²) in [6.07, 6.45) is 9.57. The Morgan fingerprint density at radius 1 is 1.22 bits per heavy atom. The molecular weight excluding hydrogens is 284 g/mol. The minimum atomic E-state index is 0.594. The van der Waals surface area contributed by atoms with Crippen molar-refractivity contribution in [3.63, 3.8) is 0 Å². The van der Waals surface area contributed by atoms with Crippen molar-refractivity contribution in [2.45, 2.75) is 19.9 Å². The van der Waals surface area contributed by atoms with Gasteiger partial charge < -0.3 is 5.73 Å². The van der Waals surface area contributed by atoms with Gasteiger partial charge in [-0.3, -0.25) is 4.90 Å². The molecular formula is C19H22N4. The Balaban J connectivity index is 1.59. The van der Waals surface area contributed by atoms with Crippen LogP contribution in [0.5, 0.6) is 0 Å². The summed E-state index contributed by atoms with van der Waals surface area (Å²) in [5.41, 5.74) is 9.60. The monoisotopic (exact) mass is 306 g/mol. The zero-order chi connectivity index (χ0) is 16.1. The first-order valence-electron chi connectivity index (χ1n) is 7.93. The molecule has 0 saturated heterocycles. The van der Waals surface area contributed by atoms with Crippen molar-refractivity contribution >= 4 is 11.9 Å². The normalized spacial score (nSPS) is 15.8. The Kier molecular flexibility index (Phi) is 4.83. The Bertz CT molecular complexity index is 719. The number of benzene rings is 1. The Morgan fingerprint density at radius 2 is 2.04 bits per heavy atom. The number of nitrogens with zero attached hydrogens (tertiary/aromatic N) is 3. The molecule has 2 N–H and O–H groups in total. The van der Waals surface area contributed by atoms with Gasteiger partial charge in [0.2, 0.25) is 0 Å². The highest BCUT2D eigenvalue weighted by Gasteiger charge is 2.12. The Labute approximate surface area is 137 Å². The average Bonchev–Trinajstić information content (AvgIpc) is 2.58. The van der Waals surface area contributed by atoms with E-state index in [0.29, 0.717) is 5.82 Å². The minimum Gasteiger partial charge on any atom is -0.383 e. The molecule has 118 valence electrons. The molecule has 0 saturated carbocycles. The molecule has 0 atom stereocenters. The van der Waals surface area contributed by atoms with Gasteiger partial charge >= 0.3 is 0 Å². The van der Waals surface area contributed by atoms with E-state index in [0.717, 1.165) is 37.4 Å². The van der Waals surface area contributed by atoms with Crippen LogP contribution in [0, 0.1) is 6.92 Å². The van der Waals surface area contributed by atoms with Crippen LogP contribution in [0.15, 0.2) is 54.3 Å². The number of hydrogen-bond acceptors (Lipinski definition) is 4. The van der Waals surface area contributed by atoms with Gasteiger partial charge in [-0.05, 0) is 24.5 Å². The number of aromatic nitrogens is 2. The summed E-state index contributed by atoms with van der Waals surface area (Å²) in [6, 6.07) is 10.4. The van der Waals surface area contributed by atoms with Crippen LogP contribution in [-0.4, -0.2) is 28.0 Å². The van der Waals surface area contributed by atoms with Gasteiger partial charge in [0.05, 0.1) is 0 Å². The highest BCUT2D eigenvalue weighted by atomic mass is 15.1. The molecule has 1 aromatic carbocycles. The summed E-state index contributed by atoms with van der Waals surface area (Å²) < 4.78 is 0. The van der Waals surface area contributed by atoms with E-state index in [-0.39, 0.29) is 0 Å². The van der Waals surface area contributed by atoms with E-state index in [4.69, 9.17) is 5.73 Å². The van der Waals surface area contributed by atoms with Crippen LogP contribution in [0.2, 0.25) is 0 Å². The smallest absolute Gasteiger partial charge is 0.131 e. The average molecular weight is 306 g/mol. The Hall–Kier alpha value is -2.46. The summed E-state index contributed by atoms with van der Waals surface area (Å²) in [7, 11) is 0. The second-order valence-corrected chi connectivity index (χ2v) is 5.84. The van der Waals surface area contributed by atoms with E-state index >= 15 is 0 Å². The molecule has 2 aromatic rings. The zero-order valence-corrected chi connectivity index (χ0v) is 13.4. The molecule has 0 fully saturated rings. The lowest BCUT2D eigenvalue weighted by Gasteiger charge is -2.25. The van der Waals surface area contributed by atoms with Crippen molar-refractivity contribution in [1.29, 1.82) is 0 Å².